The average molecular weight is 558 g/mol. The Morgan fingerprint density at radius 2 is 1.93 bits per heavy atom. The van der Waals surface area contributed by atoms with Crippen molar-refractivity contribution in [3.63, 3.8) is 0 Å². The first-order chi connectivity index (χ1) is 19.2. The van der Waals surface area contributed by atoms with Gasteiger partial charge in [-0.2, -0.15) is 4.39 Å². The van der Waals surface area contributed by atoms with E-state index in [1.807, 2.05) is 65.6 Å². The molecule has 3 heterocycles. The highest BCUT2D eigenvalue weighted by Crippen LogP contribution is 2.38. The molecule has 1 aliphatic heterocycles. The van der Waals surface area contributed by atoms with Gasteiger partial charge in [0.2, 0.25) is 12.1 Å². The summed E-state index contributed by atoms with van der Waals surface area (Å²) in [7, 11) is 0. The van der Waals surface area contributed by atoms with E-state index in [2.05, 4.69) is 0 Å². The lowest BCUT2D eigenvalue weighted by atomic mass is 9.87. The van der Waals surface area contributed by atoms with Crippen molar-refractivity contribution in [1.82, 2.24) is 4.90 Å². The SMILES string of the molecule is CC(O)(c1cc2cc(CC(=O)N3CCc4cc(Cl)ccc4C3c3ccccc3)ccc2o1)c1cc[n+](O)cc1F. The van der Waals surface area contributed by atoms with Crippen LogP contribution in [-0.4, -0.2) is 27.7 Å². The molecule has 1 amide bonds. The number of amides is 1. The third-order valence-corrected chi connectivity index (χ3v) is 7.84. The lowest BCUT2D eigenvalue weighted by molar-refractivity contribution is -0.905. The summed E-state index contributed by atoms with van der Waals surface area (Å²) in [5.41, 5.74) is 2.75. The predicted octanol–water partition coefficient (Wildman–Crippen LogP) is 5.72. The number of nitrogens with zero attached hydrogens (tertiary/aromatic N) is 2. The van der Waals surface area contributed by atoms with E-state index >= 15 is 0 Å². The molecule has 0 saturated heterocycles. The van der Waals surface area contributed by atoms with E-state index in [0.717, 1.165) is 34.9 Å². The number of benzene rings is 3. The summed E-state index contributed by atoms with van der Waals surface area (Å²) in [5, 5.41) is 22.0. The molecule has 0 aliphatic carbocycles. The van der Waals surface area contributed by atoms with Crippen molar-refractivity contribution in [2.75, 3.05) is 6.54 Å². The highest BCUT2D eigenvalue weighted by atomic mass is 35.5. The molecule has 0 bridgehead atoms. The Morgan fingerprint density at radius 1 is 1.12 bits per heavy atom. The molecule has 0 saturated carbocycles. The number of hydrogen-bond acceptors (Lipinski definition) is 4. The van der Waals surface area contributed by atoms with Crippen LogP contribution >= 0.6 is 11.6 Å². The van der Waals surface area contributed by atoms with Crippen molar-refractivity contribution in [3.05, 3.63) is 136 Å². The predicted molar refractivity (Wildman–Crippen MR) is 148 cm³/mol. The van der Waals surface area contributed by atoms with Gasteiger partial charge in [-0.3, -0.25) is 10.0 Å². The number of carbonyl (C=O) groups excluding carboxylic acids is 1. The van der Waals surface area contributed by atoms with Crippen LogP contribution in [0.5, 0.6) is 0 Å². The molecule has 202 valence electrons. The van der Waals surface area contributed by atoms with Gasteiger partial charge in [-0.05, 0) is 65.9 Å². The minimum atomic E-state index is -1.78. The van der Waals surface area contributed by atoms with Gasteiger partial charge in [-0.15, -0.1) is 0 Å². The van der Waals surface area contributed by atoms with E-state index in [-0.39, 0.29) is 29.7 Å². The number of carbonyl (C=O) groups is 1. The second-order valence-electron chi connectivity index (χ2n) is 10.3. The number of rotatable bonds is 5. The van der Waals surface area contributed by atoms with Gasteiger partial charge in [-0.1, -0.05) is 54.1 Å². The smallest absolute Gasteiger partial charge is 0.258 e. The van der Waals surface area contributed by atoms with Crippen molar-refractivity contribution in [1.29, 1.82) is 0 Å². The fourth-order valence-electron chi connectivity index (χ4n) is 5.56. The van der Waals surface area contributed by atoms with Crippen LogP contribution in [0.3, 0.4) is 0 Å². The summed E-state index contributed by atoms with van der Waals surface area (Å²) < 4.78 is 21.0. The zero-order valence-electron chi connectivity index (χ0n) is 21.7. The zero-order chi connectivity index (χ0) is 28.0. The van der Waals surface area contributed by atoms with Gasteiger partial charge in [-0.25, -0.2) is 0 Å². The van der Waals surface area contributed by atoms with Gasteiger partial charge < -0.3 is 14.4 Å². The Labute approximate surface area is 235 Å². The van der Waals surface area contributed by atoms with Crippen LogP contribution in [0.1, 0.15) is 46.5 Å². The second kappa shape index (κ2) is 10.1. The molecular weight excluding hydrogens is 531 g/mol. The zero-order valence-corrected chi connectivity index (χ0v) is 22.5. The average Bonchev–Trinajstić information content (AvgIpc) is 3.37. The maximum atomic E-state index is 14.5. The molecular formula is C32H27ClFN2O4+. The molecule has 3 aromatic carbocycles. The molecule has 6 rings (SSSR count). The monoisotopic (exact) mass is 557 g/mol. The normalized spacial score (nSPS) is 16.5. The molecule has 6 nitrogen and oxygen atoms in total. The lowest BCUT2D eigenvalue weighted by Gasteiger charge is -2.38. The quantitative estimate of drug-likeness (QED) is 0.214. The largest absolute Gasteiger partial charge is 0.458 e. The van der Waals surface area contributed by atoms with Crippen LogP contribution in [-0.2, 0) is 23.2 Å². The molecule has 2 atom stereocenters. The van der Waals surface area contributed by atoms with E-state index in [1.54, 1.807) is 12.1 Å². The van der Waals surface area contributed by atoms with Crippen LogP contribution < -0.4 is 4.73 Å². The minimum Gasteiger partial charge on any atom is -0.458 e. The van der Waals surface area contributed by atoms with Gasteiger partial charge >= 0.3 is 0 Å². The van der Waals surface area contributed by atoms with Crippen molar-refractivity contribution in [2.45, 2.75) is 31.4 Å². The van der Waals surface area contributed by atoms with Gasteiger partial charge in [0, 0.05) is 33.3 Å². The highest BCUT2D eigenvalue weighted by Gasteiger charge is 2.35. The molecule has 1 aliphatic rings. The van der Waals surface area contributed by atoms with E-state index in [0.29, 0.717) is 27.3 Å². The van der Waals surface area contributed by atoms with Crippen LogP contribution in [0.4, 0.5) is 4.39 Å². The van der Waals surface area contributed by atoms with Gasteiger partial charge in [0.15, 0.2) is 5.82 Å². The minimum absolute atomic E-state index is 0.00631. The molecule has 0 spiro atoms. The fraction of sp³-hybridized carbons (Fsp3) is 0.188. The number of pyridine rings is 1. The number of furan rings is 1. The summed E-state index contributed by atoms with van der Waals surface area (Å²) in [6.07, 6.45) is 3.00. The number of aliphatic hydroxyl groups is 1. The summed E-state index contributed by atoms with van der Waals surface area (Å²) in [6.45, 7) is 2.00. The van der Waals surface area contributed by atoms with E-state index in [9.17, 15) is 19.5 Å². The molecule has 2 unspecified atom stereocenters. The Hall–Kier alpha value is -4.20. The third kappa shape index (κ3) is 4.72. The summed E-state index contributed by atoms with van der Waals surface area (Å²) in [5.74, 6) is -0.635. The van der Waals surface area contributed by atoms with E-state index in [1.165, 1.54) is 19.2 Å². The standard InChI is InChI=1S/C32H27ClFN2O4/c1-32(38,26-12-13-35(39)19-27(26)34)29-18-23-15-20(7-10-28(23)40-29)16-30(37)36-14-11-22-17-24(33)8-9-25(22)31(36)21-5-3-2-4-6-21/h2-10,12-13,15,17-19,31,38-39H,11,14,16H2,1H3/q+1. The van der Waals surface area contributed by atoms with Crippen LogP contribution in [0.15, 0.2) is 95.7 Å². The first kappa shape index (κ1) is 26.0. The second-order valence-corrected chi connectivity index (χ2v) is 10.7. The molecule has 2 aromatic heterocycles. The summed E-state index contributed by atoms with van der Waals surface area (Å²) in [6, 6.07) is 24.0. The summed E-state index contributed by atoms with van der Waals surface area (Å²) in [4.78, 5) is 15.7. The van der Waals surface area contributed by atoms with E-state index in [4.69, 9.17) is 16.0 Å². The Balaban J connectivity index is 1.29. The molecule has 8 heteroatoms. The third-order valence-electron chi connectivity index (χ3n) is 7.61. The molecule has 0 radical (unpaired) electrons. The van der Waals surface area contributed by atoms with E-state index < -0.39 is 11.4 Å². The molecule has 5 aromatic rings. The first-order valence-corrected chi connectivity index (χ1v) is 13.4. The summed E-state index contributed by atoms with van der Waals surface area (Å²) >= 11 is 6.27. The fourth-order valence-corrected chi connectivity index (χ4v) is 5.76. The van der Waals surface area contributed by atoms with Gasteiger partial charge in [0.05, 0.1) is 12.5 Å². The Bertz CT molecular complexity index is 1730. The topological polar surface area (TPSA) is 77.8 Å². The number of aromatic nitrogens is 1. The van der Waals surface area contributed by atoms with Crippen LogP contribution in [0.2, 0.25) is 5.02 Å². The maximum absolute atomic E-state index is 14.5. The molecule has 2 N–H and O–H groups in total. The Morgan fingerprint density at radius 3 is 2.70 bits per heavy atom. The lowest BCUT2D eigenvalue weighted by Crippen LogP contribution is -2.41. The molecule has 40 heavy (non-hydrogen) atoms. The maximum Gasteiger partial charge on any atom is 0.258 e. The van der Waals surface area contributed by atoms with Crippen molar-refractivity contribution in [2.24, 2.45) is 0 Å². The number of fused-ring (bicyclic) bond motifs is 2. The van der Waals surface area contributed by atoms with Gasteiger partial charge in [0.25, 0.3) is 6.20 Å². The highest BCUT2D eigenvalue weighted by molar-refractivity contribution is 6.30. The Kier molecular flexibility index (Phi) is 6.56. The number of hydrogen-bond donors (Lipinski definition) is 2. The number of halogens is 2. The van der Waals surface area contributed by atoms with Gasteiger partial charge in [0.1, 0.15) is 16.9 Å². The van der Waals surface area contributed by atoms with Crippen molar-refractivity contribution in [3.8, 4) is 0 Å². The van der Waals surface area contributed by atoms with Crippen molar-refractivity contribution < 1.29 is 28.6 Å². The van der Waals surface area contributed by atoms with Crippen molar-refractivity contribution >= 4 is 28.5 Å². The first-order valence-electron chi connectivity index (χ1n) is 13.0. The molecule has 0 fully saturated rings. The van der Waals surface area contributed by atoms with Crippen LogP contribution in [0.25, 0.3) is 11.0 Å². The van der Waals surface area contributed by atoms with Crippen LogP contribution in [0, 0.1) is 5.82 Å².